The van der Waals surface area contributed by atoms with Crippen LogP contribution in [0.4, 0.5) is 0 Å². The van der Waals surface area contributed by atoms with Crippen LogP contribution in [-0.4, -0.2) is 47.3 Å². The Morgan fingerprint density at radius 2 is 2.12 bits per heavy atom. The Morgan fingerprint density at radius 1 is 1.33 bits per heavy atom. The lowest BCUT2D eigenvalue weighted by Crippen LogP contribution is -2.45. The van der Waals surface area contributed by atoms with Gasteiger partial charge < -0.3 is 9.64 Å². The van der Waals surface area contributed by atoms with Gasteiger partial charge in [-0.1, -0.05) is 23.9 Å². The van der Waals surface area contributed by atoms with E-state index >= 15 is 0 Å². The molecule has 3 rings (SSSR count). The monoisotopic (exact) mass is 344 g/mol. The van der Waals surface area contributed by atoms with E-state index in [1.807, 2.05) is 11.8 Å². The maximum Gasteiger partial charge on any atom is 0.233 e. The van der Waals surface area contributed by atoms with Gasteiger partial charge in [-0.05, 0) is 50.5 Å². The number of carbonyl (C=O) groups excluding carboxylic acids is 1. The minimum atomic E-state index is 0.124. The fourth-order valence-corrected chi connectivity index (χ4v) is 3.88. The molecule has 0 saturated carbocycles. The van der Waals surface area contributed by atoms with Crippen LogP contribution in [0, 0.1) is 20.8 Å². The molecular weight excluding hydrogens is 320 g/mol. The van der Waals surface area contributed by atoms with Gasteiger partial charge in [-0.2, -0.15) is 0 Å². The molecule has 1 aliphatic rings. The Balaban J connectivity index is 1.75. The number of ether oxygens (including phenoxy) is 1. The van der Waals surface area contributed by atoms with Crippen LogP contribution in [-0.2, 0) is 9.53 Å². The van der Waals surface area contributed by atoms with Gasteiger partial charge in [-0.3, -0.25) is 4.79 Å². The number of hydrogen-bond donors (Lipinski definition) is 0. The summed E-state index contributed by atoms with van der Waals surface area (Å²) in [6.07, 6.45) is 0.124. The SMILES string of the molecule is Cc1ccc2c(C)cc(SCC(=O)N3CCOC(C)C3)nc2c1C. The Kier molecular flexibility index (Phi) is 5.11. The van der Waals surface area contributed by atoms with E-state index in [-0.39, 0.29) is 12.0 Å². The van der Waals surface area contributed by atoms with E-state index in [2.05, 4.69) is 39.0 Å². The molecule has 0 aliphatic carbocycles. The molecule has 24 heavy (non-hydrogen) atoms. The van der Waals surface area contributed by atoms with E-state index in [9.17, 15) is 4.79 Å². The molecule has 2 heterocycles. The van der Waals surface area contributed by atoms with Crippen molar-refractivity contribution in [1.29, 1.82) is 0 Å². The lowest BCUT2D eigenvalue weighted by Gasteiger charge is -2.31. The van der Waals surface area contributed by atoms with E-state index in [1.165, 1.54) is 33.8 Å². The van der Waals surface area contributed by atoms with Gasteiger partial charge in [0, 0.05) is 18.5 Å². The van der Waals surface area contributed by atoms with E-state index in [4.69, 9.17) is 9.72 Å². The van der Waals surface area contributed by atoms with Gasteiger partial charge in [0.25, 0.3) is 0 Å². The van der Waals surface area contributed by atoms with Gasteiger partial charge in [-0.25, -0.2) is 4.98 Å². The Labute approximate surface area is 147 Å². The third-order valence-corrected chi connectivity index (χ3v) is 5.52. The molecule has 0 spiro atoms. The Hall–Kier alpha value is -1.59. The van der Waals surface area contributed by atoms with Gasteiger partial charge in [0.15, 0.2) is 0 Å². The first-order chi connectivity index (χ1) is 11.5. The minimum Gasteiger partial charge on any atom is -0.375 e. The number of rotatable bonds is 3. The molecule has 1 atom stereocenters. The van der Waals surface area contributed by atoms with Crippen LogP contribution < -0.4 is 0 Å². The topological polar surface area (TPSA) is 42.4 Å². The summed E-state index contributed by atoms with van der Waals surface area (Å²) in [4.78, 5) is 19.1. The highest BCUT2D eigenvalue weighted by molar-refractivity contribution is 7.99. The maximum atomic E-state index is 12.4. The van der Waals surface area contributed by atoms with Crippen LogP contribution in [0.25, 0.3) is 10.9 Å². The number of aromatic nitrogens is 1. The van der Waals surface area contributed by atoms with Crippen molar-refractivity contribution in [3.63, 3.8) is 0 Å². The first kappa shape index (κ1) is 17.2. The molecule has 1 saturated heterocycles. The highest BCUT2D eigenvalue weighted by Gasteiger charge is 2.21. The van der Waals surface area contributed by atoms with Crippen molar-refractivity contribution in [3.8, 4) is 0 Å². The van der Waals surface area contributed by atoms with Gasteiger partial charge in [0.2, 0.25) is 5.91 Å². The van der Waals surface area contributed by atoms with Crippen molar-refractivity contribution in [2.45, 2.75) is 38.8 Å². The number of nitrogens with zero attached hydrogens (tertiary/aromatic N) is 2. The summed E-state index contributed by atoms with van der Waals surface area (Å²) in [7, 11) is 0. The van der Waals surface area contributed by atoms with Crippen molar-refractivity contribution in [2.24, 2.45) is 0 Å². The zero-order valence-corrected chi connectivity index (χ0v) is 15.6. The smallest absolute Gasteiger partial charge is 0.233 e. The normalized spacial score (nSPS) is 18.2. The number of benzene rings is 1. The number of amides is 1. The molecule has 0 bridgehead atoms. The minimum absolute atomic E-state index is 0.124. The maximum absolute atomic E-state index is 12.4. The first-order valence-electron chi connectivity index (χ1n) is 8.35. The summed E-state index contributed by atoms with van der Waals surface area (Å²) < 4.78 is 5.50. The van der Waals surface area contributed by atoms with E-state index in [0.717, 1.165) is 10.5 Å². The first-order valence-corrected chi connectivity index (χ1v) is 9.34. The average molecular weight is 344 g/mol. The van der Waals surface area contributed by atoms with Gasteiger partial charge in [0.05, 0.1) is 29.0 Å². The number of aryl methyl sites for hydroxylation is 3. The molecular formula is C19H24N2O2S. The molecule has 1 amide bonds. The molecule has 5 heteroatoms. The van der Waals surface area contributed by atoms with Crippen LogP contribution in [0.1, 0.15) is 23.6 Å². The fourth-order valence-electron chi connectivity index (χ4n) is 3.01. The van der Waals surface area contributed by atoms with Crippen LogP contribution >= 0.6 is 11.8 Å². The number of carbonyl (C=O) groups is 1. The summed E-state index contributed by atoms with van der Waals surface area (Å²) in [5.41, 5.74) is 4.71. The van der Waals surface area contributed by atoms with E-state index < -0.39 is 0 Å². The Bertz CT molecular complexity index is 776. The van der Waals surface area contributed by atoms with Gasteiger partial charge in [0.1, 0.15) is 0 Å². The third kappa shape index (κ3) is 3.57. The molecule has 4 nitrogen and oxygen atoms in total. The lowest BCUT2D eigenvalue weighted by atomic mass is 10.0. The summed E-state index contributed by atoms with van der Waals surface area (Å²) in [5, 5.41) is 2.11. The molecule has 1 unspecified atom stereocenters. The number of pyridine rings is 1. The molecule has 0 radical (unpaired) electrons. The summed E-state index contributed by atoms with van der Waals surface area (Å²) in [6.45, 7) is 10.3. The fraction of sp³-hybridized carbons (Fsp3) is 0.474. The molecule has 128 valence electrons. The highest BCUT2D eigenvalue weighted by Crippen LogP contribution is 2.27. The molecule has 0 N–H and O–H groups in total. The van der Waals surface area contributed by atoms with Gasteiger partial charge >= 0.3 is 0 Å². The third-order valence-electron chi connectivity index (χ3n) is 4.63. The van der Waals surface area contributed by atoms with Crippen molar-refractivity contribution in [3.05, 3.63) is 34.9 Å². The van der Waals surface area contributed by atoms with Crippen LogP contribution in [0.5, 0.6) is 0 Å². The largest absolute Gasteiger partial charge is 0.375 e. The van der Waals surface area contributed by atoms with Crippen molar-refractivity contribution < 1.29 is 9.53 Å². The zero-order valence-electron chi connectivity index (χ0n) is 14.8. The Morgan fingerprint density at radius 3 is 2.88 bits per heavy atom. The number of hydrogen-bond acceptors (Lipinski definition) is 4. The second kappa shape index (κ2) is 7.11. The van der Waals surface area contributed by atoms with Gasteiger partial charge in [-0.15, -0.1) is 0 Å². The van der Waals surface area contributed by atoms with Crippen molar-refractivity contribution in [2.75, 3.05) is 25.4 Å². The van der Waals surface area contributed by atoms with E-state index in [0.29, 0.717) is 25.4 Å². The number of morpholine rings is 1. The summed E-state index contributed by atoms with van der Waals surface area (Å²) in [5.74, 6) is 0.589. The predicted octanol–water partition coefficient (Wildman–Crippen LogP) is 3.50. The van der Waals surface area contributed by atoms with Crippen LogP contribution in [0.2, 0.25) is 0 Å². The summed E-state index contributed by atoms with van der Waals surface area (Å²) >= 11 is 1.52. The molecule has 1 aromatic carbocycles. The number of thioether (sulfide) groups is 1. The second-order valence-electron chi connectivity index (χ2n) is 6.49. The predicted molar refractivity (Wildman–Crippen MR) is 98.7 cm³/mol. The molecule has 1 fully saturated rings. The zero-order chi connectivity index (χ0) is 17.3. The van der Waals surface area contributed by atoms with Crippen molar-refractivity contribution >= 4 is 28.6 Å². The molecule has 1 aliphatic heterocycles. The van der Waals surface area contributed by atoms with E-state index in [1.54, 1.807) is 0 Å². The average Bonchev–Trinajstić information content (AvgIpc) is 2.56. The highest BCUT2D eigenvalue weighted by atomic mass is 32.2. The molecule has 2 aromatic rings. The quantitative estimate of drug-likeness (QED) is 0.799. The molecule has 1 aromatic heterocycles. The van der Waals surface area contributed by atoms with Crippen LogP contribution in [0.3, 0.4) is 0 Å². The van der Waals surface area contributed by atoms with Crippen molar-refractivity contribution in [1.82, 2.24) is 9.88 Å². The second-order valence-corrected chi connectivity index (χ2v) is 7.49. The van der Waals surface area contributed by atoms with Crippen LogP contribution in [0.15, 0.2) is 23.2 Å². The standard InChI is InChI=1S/C19H24N2O2S/c1-12-5-6-16-13(2)9-17(20-19(16)15(12)4)24-11-18(22)21-7-8-23-14(3)10-21/h5-6,9,14H,7-8,10-11H2,1-4H3. The lowest BCUT2D eigenvalue weighted by molar-refractivity contribution is -0.135. The summed E-state index contributed by atoms with van der Waals surface area (Å²) in [6, 6.07) is 6.36. The number of fused-ring (bicyclic) bond motifs is 1.